The van der Waals surface area contributed by atoms with E-state index in [-0.39, 0.29) is 29.0 Å². The monoisotopic (exact) mass is 465 g/mol. The highest BCUT2D eigenvalue weighted by atomic mass is 16.5. The van der Waals surface area contributed by atoms with Crippen molar-refractivity contribution in [3.05, 3.63) is 59.2 Å². The third-order valence-electron chi connectivity index (χ3n) is 6.43. The average Bonchev–Trinajstić information content (AvgIpc) is 3.45. The molecule has 7 nitrogen and oxygen atoms in total. The highest BCUT2D eigenvalue weighted by Crippen LogP contribution is 2.46. The van der Waals surface area contributed by atoms with Gasteiger partial charge in [-0.25, -0.2) is 0 Å². The van der Waals surface area contributed by atoms with Gasteiger partial charge in [0.15, 0.2) is 0 Å². The lowest BCUT2D eigenvalue weighted by molar-refractivity contribution is -0.141. The second-order valence-electron chi connectivity index (χ2n) is 8.92. The Morgan fingerprint density at radius 3 is 2.09 bits per heavy atom. The van der Waals surface area contributed by atoms with Crippen LogP contribution < -0.4 is 14.2 Å². The van der Waals surface area contributed by atoms with Crippen LogP contribution in [0.5, 0.6) is 17.2 Å². The van der Waals surface area contributed by atoms with Gasteiger partial charge >= 0.3 is 0 Å². The highest BCUT2D eigenvalue weighted by molar-refractivity contribution is 6.46. The van der Waals surface area contributed by atoms with E-state index in [0.29, 0.717) is 17.2 Å². The molecule has 2 aromatic rings. The lowest BCUT2D eigenvalue weighted by atomic mass is 9.94. The van der Waals surface area contributed by atoms with Crippen LogP contribution in [0.3, 0.4) is 0 Å². The number of hydrogen-bond donors (Lipinski definition) is 1. The van der Waals surface area contributed by atoms with Gasteiger partial charge in [0.25, 0.3) is 11.7 Å². The van der Waals surface area contributed by atoms with Crippen molar-refractivity contribution in [2.24, 2.45) is 0 Å². The molecule has 1 unspecified atom stereocenters. The molecule has 1 saturated carbocycles. The van der Waals surface area contributed by atoms with Gasteiger partial charge in [0.05, 0.1) is 31.9 Å². The van der Waals surface area contributed by atoms with Crippen molar-refractivity contribution in [1.29, 1.82) is 0 Å². The van der Waals surface area contributed by atoms with E-state index < -0.39 is 17.7 Å². The van der Waals surface area contributed by atoms with Gasteiger partial charge in [-0.15, -0.1) is 0 Å². The predicted molar refractivity (Wildman–Crippen MR) is 128 cm³/mol. The number of carbonyl (C=O) groups excluding carboxylic acids is 2. The Balaban J connectivity index is 1.89. The number of carbonyl (C=O) groups is 2. The fourth-order valence-corrected chi connectivity index (χ4v) is 4.96. The fourth-order valence-electron chi connectivity index (χ4n) is 4.96. The van der Waals surface area contributed by atoms with E-state index in [1.54, 1.807) is 23.1 Å². The summed E-state index contributed by atoms with van der Waals surface area (Å²) in [6.45, 7) is 3.90. The van der Waals surface area contributed by atoms with Gasteiger partial charge in [-0.05, 0) is 56.5 Å². The lowest BCUT2D eigenvalue weighted by Gasteiger charge is -2.31. The smallest absolute Gasteiger partial charge is 0.295 e. The first kappa shape index (κ1) is 23.7. The van der Waals surface area contributed by atoms with Crippen molar-refractivity contribution >= 4 is 17.4 Å². The summed E-state index contributed by atoms with van der Waals surface area (Å²) in [6.07, 6.45) is 3.68. The summed E-state index contributed by atoms with van der Waals surface area (Å²) in [5.41, 5.74) is 1.02. The SMILES string of the molecule is COc1cccc(OC)c1/C(O)=C1\C(=O)C(=O)N(C2CCCC2)C1c1ccc(OC(C)C)cc1. The zero-order valence-electron chi connectivity index (χ0n) is 20.0. The van der Waals surface area contributed by atoms with E-state index in [0.717, 1.165) is 31.2 Å². The number of Topliss-reactive ketones (excluding diaryl/α,β-unsaturated/α-hetero) is 1. The van der Waals surface area contributed by atoms with Gasteiger partial charge in [0.2, 0.25) is 0 Å². The zero-order valence-corrected chi connectivity index (χ0v) is 20.0. The van der Waals surface area contributed by atoms with Crippen molar-refractivity contribution < 1.29 is 28.9 Å². The van der Waals surface area contributed by atoms with E-state index in [4.69, 9.17) is 14.2 Å². The number of ketones is 1. The summed E-state index contributed by atoms with van der Waals surface area (Å²) in [7, 11) is 2.96. The number of nitrogens with zero attached hydrogens (tertiary/aromatic N) is 1. The van der Waals surface area contributed by atoms with Crippen molar-refractivity contribution in [3.8, 4) is 17.2 Å². The van der Waals surface area contributed by atoms with Gasteiger partial charge in [-0.3, -0.25) is 9.59 Å². The zero-order chi connectivity index (χ0) is 24.4. The van der Waals surface area contributed by atoms with E-state index in [1.165, 1.54) is 14.2 Å². The number of aliphatic hydroxyl groups is 1. The normalized spacial score (nSPS) is 20.3. The Morgan fingerprint density at radius 2 is 1.56 bits per heavy atom. The summed E-state index contributed by atoms with van der Waals surface area (Å²) < 4.78 is 16.7. The molecule has 4 rings (SSSR count). The molecule has 1 atom stereocenters. The van der Waals surface area contributed by atoms with Crippen molar-refractivity contribution in [2.75, 3.05) is 14.2 Å². The molecule has 1 saturated heterocycles. The second kappa shape index (κ2) is 9.79. The quantitative estimate of drug-likeness (QED) is 0.357. The van der Waals surface area contributed by atoms with Gasteiger partial charge in [-0.1, -0.05) is 31.0 Å². The Hall–Kier alpha value is -3.48. The fraction of sp³-hybridized carbons (Fsp3) is 0.407. The van der Waals surface area contributed by atoms with E-state index in [9.17, 15) is 14.7 Å². The minimum Gasteiger partial charge on any atom is -0.506 e. The van der Waals surface area contributed by atoms with Gasteiger partial charge < -0.3 is 24.2 Å². The summed E-state index contributed by atoms with van der Waals surface area (Å²) in [5, 5.41) is 11.5. The van der Waals surface area contributed by atoms with Crippen LogP contribution in [-0.2, 0) is 9.59 Å². The molecule has 1 heterocycles. The third kappa shape index (κ3) is 4.22. The molecule has 1 aliphatic carbocycles. The highest BCUT2D eigenvalue weighted by Gasteiger charge is 2.49. The van der Waals surface area contributed by atoms with Crippen LogP contribution in [0.15, 0.2) is 48.0 Å². The molecular weight excluding hydrogens is 434 g/mol. The van der Waals surface area contributed by atoms with Gasteiger partial charge in [0.1, 0.15) is 28.6 Å². The molecule has 0 aromatic heterocycles. The summed E-state index contributed by atoms with van der Waals surface area (Å²) in [5.74, 6) is -0.199. The van der Waals surface area contributed by atoms with Crippen LogP contribution in [0.4, 0.5) is 0 Å². The van der Waals surface area contributed by atoms with Crippen molar-refractivity contribution in [2.45, 2.75) is 57.7 Å². The molecule has 2 aliphatic rings. The topological polar surface area (TPSA) is 85.3 Å². The summed E-state index contributed by atoms with van der Waals surface area (Å²) >= 11 is 0. The molecule has 180 valence electrons. The van der Waals surface area contributed by atoms with Crippen molar-refractivity contribution in [3.63, 3.8) is 0 Å². The first-order valence-electron chi connectivity index (χ1n) is 11.7. The van der Waals surface area contributed by atoms with Gasteiger partial charge in [-0.2, -0.15) is 0 Å². The number of amides is 1. The van der Waals surface area contributed by atoms with Crippen LogP contribution in [0.25, 0.3) is 5.76 Å². The first-order valence-corrected chi connectivity index (χ1v) is 11.7. The molecule has 2 fully saturated rings. The number of aliphatic hydroxyl groups excluding tert-OH is 1. The Kier molecular flexibility index (Phi) is 6.82. The van der Waals surface area contributed by atoms with E-state index in [1.807, 2.05) is 38.1 Å². The van der Waals surface area contributed by atoms with Crippen molar-refractivity contribution in [1.82, 2.24) is 4.90 Å². The molecule has 7 heteroatoms. The largest absolute Gasteiger partial charge is 0.506 e. The lowest BCUT2D eigenvalue weighted by Crippen LogP contribution is -2.37. The Morgan fingerprint density at radius 1 is 0.971 bits per heavy atom. The molecular formula is C27H31NO6. The number of rotatable bonds is 7. The molecule has 1 N–H and O–H groups in total. The molecule has 2 aromatic carbocycles. The third-order valence-corrected chi connectivity index (χ3v) is 6.43. The molecule has 1 aliphatic heterocycles. The number of ether oxygens (including phenoxy) is 3. The maximum atomic E-state index is 13.4. The predicted octanol–water partition coefficient (Wildman–Crippen LogP) is 4.86. The van der Waals surface area contributed by atoms with Crippen LogP contribution in [0, 0.1) is 0 Å². The first-order chi connectivity index (χ1) is 16.4. The number of likely N-dealkylation sites (tertiary alicyclic amines) is 1. The Labute approximate surface area is 199 Å². The maximum absolute atomic E-state index is 13.4. The van der Waals surface area contributed by atoms with Gasteiger partial charge in [0, 0.05) is 6.04 Å². The molecule has 0 radical (unpaired) electrons. The second-order valence-corrected chi connectivity index (χ2v) is 8.92. The average molecular weight is 466 g/mol. The Bertz CT molecular complexity index is 1080. The summed E-state index contributed by atoms with van der Waals surface area (Å²) in [4.78, 5) is 28.3. The number of methoxy groups -OCH3 is 2. The standard InChI is InChI=1S/C27H31NO6/c1-16(2)34-19-14-12-17(13-15-19)24-23(26(30)27(31)28(24)18-8-5-6-9-18)25(29)22-20(32-3)10-7-11-21(22)33-4/h7,10-16,18,24,29H,5-6,8-9H2,1-4H3/b25-23+. The molecule has 34 heavy (non-hydrogen) atoms. The summed E-state index contributed by atoms with van der Waals surface area (Å²) in [6, 6.07) is 11.7. The van der Waals surface area contributed by atoms with E-state index in [2.05, 4.69) is 0 Å². The minimum absolute atomic E-state index is 0.0213. The van der Waals surface area contributed by atoms with Crippen LogP contribution in [-0.4, -0.2) is 48.1 Å². The number of benzene rings is 2. The minimum atomic E-state index is -0.717. The van der Waals surface area contributed by atoms with E-state index >= 15 is 0 Å². The molecule has 1 amide bonds. The maximum Gasteiger partial charge on any atom is 0.295 e. The van der Waals surface area contributed by atoms with Crippen LogP contribution >= 0.6 is 0 Å². The van der Waals surface area contributed by atoms with Crippen LogP contribution in [0.2, 0.25) is 0 Å². The molecule has 0 bridgehead atoms. The van der Waals surface area contributed by atoms with Crippen LogP contribution in [0.1, 0.15) is 56.7 Å². The molecule has 0 spiro atoms. The number of hydrogen-bond acceptors (Lipinski definition) is 6.